The molecular formula is C18H14N2O2S. The molecule has 0 unspecified atom stereocenters. The number of hydrogen-bond donors (Lipinski definition) is 0. The van der Waals surface area contributed by atoms with E-state index in [1.54, 1.807) is 23.9 Å². The Kier molecular flexibility index (Phi) is 4.12. The minimum absolute atomic E-state index is 0.0884. The SMILES string of the molecule is C=C(C)c1ncc2ccccc2c1Sc1ccc([N+](=O)[O-])cc1. The van der Waals surface area contributed by atoms with Gasteiger partial charge in [-0.15, -0.1) is 0 Å². The highest BCUT2D eigenvalue weighted by Crippen LogP contribution is 2.37. The molecule has 0 aliphatic rings. The number of nitro groups is 1. The zero-order chi connectivity index (χ0) is 16.4. The van der Waals surface area contributed by atoms with Crippen LogP contribution >= 0.6 is 11.8 Å². The zero-order valence-corrected chi connectivity index (χ0v) is 13.3. The van der Waals surface area contributed by atoms with Crippen LogP contribution < -0.4 is 0 Å². The topological polar surface area (TPSA) is 56.0 Å². The van der Waals surface area contributed by atoms with E-state index in [4.69, 9.17) is 0 Å². The molecule has 0 amide bonds. The van der Waals surface area contributed by atoms with Gasteiger partial charge in [0.25, 0.3) is 5.69 Å². The molecule has 114 valence electrons. The molecular weight excluding hydrogens is 308 g/mol. The van der Waals surface area contributed by atoms with E-state index in [-0.39, 0.29) is 5.69 Å². The summed E-state index contributed by atoms with van der Waals surface area (Å²) in [5, 5.41) is 12.9. The Hall–Kier alpha value is -2.66. The van der Waals surface area contributed by atoms with E-state index in [0.717, 1.165) is 31.8 Å². The van der Waals surface area contributed by atoms with Gasteiger partial charge in [-0.3, -0.25) is 15.1 Å². The second kappa shape index (κ2) is 6.22. The fourth-order valence-corrected chi connectivity index (χ4v) is 3.43. The molecule has 0 aliphatic carbocycles. The molecule has 4 nitrogen and oxygen atoms in total. The minimum Gasteiger partial charge on any atom is -0.258 e. The first-order valence-corrected chi connectivity index (χ1v) is 7.84. The first-order chi connectivity index (χ1) is 11.1. The highest BCUT2D eigenvalue weighted by atomic mass is 32.2. The summed E-state index contributed by atoms with van der Waals surface area (Å²) in [5.41, 5.74) is 1.83. The molecule has 1 heterocycles. The molecule has 0 saturated heterocycles. The van der Waals surface area contributed by atoms with Crippen molar-refractivity contribution in [2.45, 2.75) is 16.7 Å². The Morgan fingerprint density at radius 2 is 1.87 bits per heavy atom. The minimum atomic E-state index is -0.396. The normalized spacial score (nSPS) is 10.7. The van der Waals surface area contributed by atoms with Crippen molar-refractivity contribution in [3.8, 4) is 0 Å². The van der Waals surface area contributed by atoms with Crippen molar-refractivity contribution in [1.82, 2.24) is 4.98 Å². The predicted molar refractivity (Wildman–Crippen MR) is 93.7 cm³/mol. The van der Waals surface area contributed by atoms with Gasteiger partial charge in [-0.25, -0.2) is 0 Å². The van der Waals surface area contributed by atoms with Gasteiger partial charge in [-0.05, 0) is 30.0 Å². The van der Waals surface area contributed by atoms with Gasteiger partial charge in [0.2, 0.25) is 0 Å². The van der Waals surface area contributed by atoms with E-state index in [1.807, 2.05) is 31.3 Å². The van der Waals surface area contributed by atoms with Crippen LogP contribution in [0.15, 0.2) is 71.1 Å². The van der Waals surface area contributed by atoms with Gasteiger partial charge in [-0.2, -0.15) is 0 Å². The first kappa shape index (κ1) is 15.2. The lowest BCUT2D eigenvalue weighted by Gasteiger charge is -2.11. The molecule has 23 heavy (non-hydrogen) atoms. The largest absolute Gasteiger partial charge is 0.269 e. The van der Waals surface area contributed by atoms with Gasteiger partial charge in [0.15, 0.2) is 0 Å². The maximum absolute atomic E-state index is 10.8. The quantitative estimate of drug-likeness (QED) is 0.481. The van der Waals surface area contributed by atoms with Crippen molar-refractivity contribution in [3.05, 3.63) is 77.1 Å². The zero-order valence-electron chi connectivity index (χ0n) is 12.5. The van der Waals surface area contributed by atoms with Crippen molar-refractivity contribution < 1.29 is 4.92 Å². The Bertz CT molecular complexity index is 905. The average Bonchev–Trinajstić information content (AvgIpc) is 2.55. The number of benzene rings is 2. The summed E-state index contributed by atoms with van der Waals surface area (Å²) in [4.78, 5) is 16.8. The monoisotopic (exact) mass is 322 g/mol. The molecule has 0 fully saturated rings. The summed E-state index contributed by atoms with van der Waals surface area (Å²) in [7, 11) is 0. The third-order valence-electron chi connectivity index (χ3n) is 3.42. The van der Waals surface area contributed by atoms with E-state index >= 15 is 0 Å². The molecule has 3 rings (SSSR count). The van der Waals surface area contributed by atoms with Gasteiger partial charge >= 0.3 is 0 Å². The smallest absolute Gasteiger partial charge is 0.258 e. The van der Waals surface area contributed by atoms with Gasteiger partial charge in [-0.1, -0.05) is 42.6 Å². The molecule has 1 aromatic heterocycles. The van der Waals surface area contributed by atoms with Crippen molar-refractivity contribution in [2.75, 3.05) is 0 Å². The van der Waals surface area contributed by atoms with Crippen LogP contribution in [0.2, 0.25) is 0 Å². The van der Waals surface area contributed by atoms with Crippen molar-refractivity contribution >= 4 is 33.8 Å². The number of allylic oxidation sites excluding steroid dienone is 1. The van der Waals surface area contributed by atoms with E-state index < -0.39 is 4.92 Å². The number of non-ortho nitro benzene ring substituents is 1. The average molecular weight is 322 g/mol. The Balaban J connectivity index is 2.09. The van der Waals surface area contributed by atoms with Gasteiger partial charge in [0.05, 0.1) is 10.6 Å². The maximum Gasteiger partial charge on any atom is 0.269 e. The highest BCUT2D eigenvalue weighted by Gasteiger charge is 2.12. The number of fused-ring (bicyclic) bond motifs is 1. The number of aromatic nitrogens is 1. The lowest BCUT2D eigenvalue weighted by Crippen LogP contribution is -1.92. The predicted octanol–water partition coefficient (Wildman–Crippen LogP) is 5.33. The van der Waals surface area contributed by atoms with E-state index in [1.165, 1.54) is 12.1 Å². The van der Waals surface area contributed by atoms with Crippen LogP contribution in [0.5, 0.6) is 0 Å². The lowest BCUT2D eigenvalue weighted by molar-refractivity contribution is -0.384. The molecule has 5 heteroatoms. The first-order valence-electron chi connectivity index (χ1n) is 7.02. The number of nitro benzene ring substituents is 1. The molecule has 0 saturated carbocycles. The number of rotatable bonds is 4. The molecule has 0 aliphatic heterocycles. The second-order valence-corrected chi connectivity index (χ2v) is 6.24. The summed E-state index contributed by atoms with van der Waals surface area (Å²) < 4.78 is 0. The molecule has 2 aromatic carbocycles. The highest BCUT2D eigenvalue weighted by molar-refractivity contribution is 7.99. The molecule has 0 radical (unpaired) electrons. The third kappa shape index (κ3) is 3.10. The van der Waals surface area contributed by atoms with Gasteiger partial charge < -0.3 is 0 Å². The van der Waals surface area contributed by atoms with Crippen LogP contribution in [0.4, 0.5) is 5.69 Å². The standard InChI is InChI=1S/C18H14N2O2S/c1-12(2)17-18(16-6-4-3-5-13(16)11-19-17)23-15-9-7-14(8-10-15)20(21)22/h3-11H,1H2,2H3. The van der Waals surface area contributed by atoms with Gasteiger partial charge in [0, 0.05) is 33.5 Å². The van der Waals surface area contributed by atoms with E-state index in [9.17, 15) is 10.1 Å². The van der Waals surface area contributed by atoms with Crippen molar-refractivity contribution in [2.24, 2.45) is 0 Å². The molecule has 0 atom stereocenters. The van der Waals surface area contributed by atoms with Crippen LogP contribution in [0, 0.1) is 10.1 Å². The Morgan fingerprint density at radius 3 is 2.52 bits per heavy atom. The van der Waals surface area contributed by atoms with Crippen LogP contribution in [0.3, 0.4) is 0 Å². The third-order valence-corrected chi connectivity index (χ3v) is 4.55. The molecule has 0 spiro atoms. The maximum atomic E-state index is 10.8. The second-order valence-electron chi connectivity index (χ2n) is 5.16. The number of hydrogen-bond acceptors (Lipinski definition) is 4. The summed E-state index contributed by atoms with van der Waals surface area (Å²) in [5.74, 6) is 0. The van der Waals surface area contributed by atoms with Crippen LogP contribution in [0.1, 0.15) is 12.6 Å². The van der Waals surface area contributed by atoms with Crippen LogP contribution in [-0.2, 0) is 0 Å². The van der Waals surface area contributed by atoms with Crippen LogP contribution in [0.25, 0.3) is 16.3 Å². The van der Waals surface area contributed by atoms with Crippen molar-refractivity contribution in [3.63, 3.8) is 0 Å². The Morgan fingerprint density at radius 1 is 1.17 bits per heavy atom. The number of nitrogens with zero attached hydrogens (tertiary/aromatic N) is 2. The fraction of sp³-hybridized carbons (Fsp3) is 0.0556. The number of pyridine rings is 1. The van der Waals surface area contributed by atoms with Crippen LogP contribution in [-0.4, -0.2) is 9.91 Å². The summed E-state index contributed by atoms with van der Waals surface area (Å²) >= 11 is 1.55. The molecule has 3 aromatic rings. The summed E-state index contributed by atoms with van der Waals surface area (Å²) in [6.45, 7) is 5.93. The lowest BCUT2D eigenvalue weighted by atomic mass is 10.1. The van der Waals surface area contributed by atoms with E-state index in [0.29, 0.717) is 0 Å². The Labute approximate surface area is 138 Å². The summed E-state index contributed by atoms with van der Waals surface area (Å²) in [6, 6.07) is 14.6. The van der Waals surface area contributed by atoms with Crippen molar-refractivity contribution in [1.29, 1.82) is 0 Å². The van der Waals surface area contributed by atoms with E-state index in [2.05, 4.69) is 17.6 Å². The summed E-state index contributed by atoms with van der Waals surface area (Å²) in [6.07, 6.45) is 1.85. The van der Waals surface area contributed by atoms with Gasteiger partial charge in [0.1, 0.15) is 0 Å². The molecule has 0 bridgehead atoms. The fourth-order valence-electron chi connectivity index (χ4n) is 2.30. The molecule has 0 N–H and O–H groups in total.